The second-order valence-electron chi connectivity index (χ2n) is 3.32. The number of hydrogen-bond acceptors (Lipinski definition) is 1. The third-order valence-corrected chi connectivity index (χ3v) is 2.27. The summed E-state index contributed by atoms with van der Waals surface area (Å²) in [4.78, 5) is 0. The SMILES string of the molecule is C=CC1(OCC)C=CC=C(C(F)(F)F)C1. The Labute approximate surface area is 86.9 Å². The van der Waals surface area contributed by atoms with E-state index < -0.39 is 17.4 Å². The molecule has 0 spiro atoms. The van der Waals surface area contributed by atoms with Crippen molar-refractivity contribution in [1.29, 1.82) is 0 Å². The average Bonchev–Trinajstić information content (AvgIpc) is 2.17. The Hall–Kier alpha value is -1.03. The molecule has 0 radical (unpaired) electrons. The highest BCUT2D eigenvalue weighted by Gasteiger charge is 2.39. The highest BCUT2D eigenvalue weighted by Crippen LogP contribution is 2.37. The minimum Gasteiger partial charge on any atom is -0.367 e. The molecule has 0 saturated carbocycles. The first-order valence-corrected chi connectivity index (χ1v) is 4.66. The lowest BCUT2D eigenvalue weighted by atomic mass is 9.89. The van der Waals surface area contributed by atoms with Crippen LogP contribution in [0.2, 0.25) is 0 Å². The third kappa shape index (κ3) is 2.72. The van der Waals surface area contributed by atoms with Crippen LogP contribution in [0.15, 0.2) is 36.5 Å². The molecule has 0 aromatic carbocycles. The molecule has 0 heterocycles. The standard InChI is InChI=1S/C11H13F3O/c1-3-10(15-4-2)7-5-6-9(8-10)11(12,13)14/h3,5-7H,1,4,8H2,2H3. The van der Waals surface area contributed by atoms with Gasteiger partial charge >= 0.3 is 6.18 Å². The van der Waals surface area contributed by atoms with E-state index in [1.54, 1.807) is 13.0 Å². The Balaban J connectivity index is 2.90. The molecule has 0 bridgehead atoms. The van der Waals surface area contributed by atoms with Gasteiger partial charge in [0.2, 0.25) is 0 Å². The Bertz CT molecular complexity index is 301. The first kappa shape index (κ1) is 12.0. The molecule has 0 aromatic heterocycles. The van der Waals surface area contributed by atoms with Gasteiger partial charge < -0.3 is 4.74 Å². The van der Waals surface area contributed by atoms with Gasteiger partial charge in [-0.3, -0.25) is 0 Å². The average molecular weight is 218 g/mol. The quantitative estimate of drug-likeness (QED) is 0.660. The van der Waals surface area contributed by atoms with Gasteiger partial charge in [-0.2, -0.15) is 13.2 Å². The summed E-state index contributed by atoms with van der Waals surface area (Å²) in [7, 11) is 0. The number of hydrogen-bond donors (Lipinski definition) is 0. The molecule has 4 heteroatoms. The molecule has 1 unspecified atom stereocenters. The molecule has 0 saturated heterocycles. The van der Waals surface area contributed by atoms with Crippen molar-refractivity contribution in [1.82, 2.24) is 0 Å². The summed E-state index contributed by atoms with van der Waals surface area (Å²) >= 11 is 0. The summed E-state index contributed by atoms with van der Waals surface area (Å²) in [5, 5.41) is 0. The van der Waals surface area contributed by atoms with E-state index in [-0.39, 0.29) is 6.42 Å². The number of alkyl halides is 3. The van der Waals surface area contributed by atoms with Crippen LogP contribution in [0.1, 0.15) is 13.3 Å². The maximum absolute atomic E-state index is 12.5. The maximum atomic E-state index is 12.5. The molecule has 1 rings (SSSR count). The van der Waals surface area contributed by atoms with Gasteiger partial charge in [0.25, 0.3) is 0 Å². The van der Waals surface area contributed by atoms with E-state index in [9.17, 15) is 13.2 Å². The summed E-state index contributed by atoms with van der Waals surface area (Å²) in [5.74, 6) is 0. The van der Waals surface area contributed by atoms with Crippen molar-refractivity contribution in [3.63, 3.8) is 0 Å². The Kier molecular flexibility index (Phi) is 3.39. The molecule has 0 aliphatic heterocycles. The second kappa shape index (κ2) is 4.23. The minimum atomic E-state index is -4.30. The van der Waals surface area contributed by atoms with E-state index in [0.29, 0.717) is 6.61 Å². The van der Waals surface area contributed by atoms with E-state index in [1.165, 1.54) is 12.2 Å². The van der Waals surface area contributed by atoms with Crippen molar-refractivity contribution in [3.05, 3.63) is 36.5 Å². The second-order valence-corrected chi connectivity index (χ2v) is 3.32. The number of ether oxygens (including phenoxy) is 1. The zero-order valence-electron chi connectivity index (χ0n) is 8.47. The number of allylic oxidation sites excluding steroid dienone is 2. The lowest BCUT2D eigenvalue weighted by Gasteiger charge is -2.31. The molecule has 1 aliphatic carbocycles. The summed E-state index contributed by atoms with van der Waals surface area (Å²) in [5.41, 5.74) is -1.59. The van der Waals surface area contributed by atoms with Crippen LogP contribution in [-0.4, -0.2) is 18.4 Å². The van der Waals surface area contributed by atoms with Crippen molar-refractivity contribution in [2.75, 3.05) is 6.61 Å². The van der Waals surface area contributed by atoms with Crippen LogP contribution >= 0.6 is 0 Å². The van der Waals surface area contributed by atoms with E-state index >= 15 is 0 Å². The van der Waals surface area contributed by atoms with Gasteiger partial charge in [0.1, 0.15) is 5.60 Å². The zero-order valence-corrected chi connectivity index (χ0v) is 8.47. The van der Waals surface area contributed by atoms with Crippen molar-refractivity contribution < 1.29 is 17.9 Å². The molecule has 0 fully saturated rings. The minimum absolute atomic E-state index is 0.204. The van der Waals surface area contributed by atoms with Gasteiger partial charge in [-0.25, -0.2) is 0 Å². The first-order chi connectivity index (χ1) is 6.93. The topological polar surface area (TPSA) is 9.23 Å². The molecule has 0 aromatic rings. The molecule has 1 atom stereocenters. The van der Waals surface area contributed by atoms with Crippen molar-refractivity contribution in [2.24, 2.45) is 0 Å². The highest BCUT2D eigenvalue weighted by atomic mass is 19.4. The third-order valence-electron chi connectivity index (χ3n) is 2.27. The van der Waals surface area contributed by atoms with Crippen LogP contribution in [0.4, 0.5) is 13.2 Å². The van der Waals surface area contributed by atoms with Crippen LogP contribution < -0.4 is 0 Å². The van der Waals surface area contributed by atoms with Crippen LogP contribution in [0.25, 0.3) is 0 Å². The van der Waals surface area contributed by atoms with Crippen molar-refractivity contribution in [3.8, 4) is 0 Å². The van der Waals surface area contributed by atoms with Crippen molar-refractivity contribution >= 4 is 0 Å². The first-order valence-electron chi connectivity index (χ1n) is 4.66. The fourth-order valence-corrected chi connectivity index (χ4v) is 1.50. The normalized spacial score (nSPS) is 26.3. The van der Waals surface area contributed by atoms with E-state index in [2.05, 4.69) is 6.58 Å². The lowest BCUT2D eigenvalue weighted by molar-refractivity contribution is -0.101. The van der Waals surface area contributed by atoms with Gasteiger partial charge in [-0.15, -0.1) is 0 Å². The van der Waals surface area contributed by atoms with E-state index in [1.807, 2.05) is 0 Å². The molecule has 84 valence electrons. The molecule has 1 aliphatic rings. The smallest absolute Gasteiger partial charge is 0.367 e. The van der Waals surface area contributed by atoms with Crippen LogP contribution in [0.5, 0.6) is 0 Å². The number of rotatable bonds is 3. The predicted molar refractivity (Wildman–Crippen MR) is 52.4 cm³/mol. The van der Waals surface area contributed by atoms with Crippen LogP contribution in [0.3, 0.4) is 0 Å². The van der Waals surface area contributed by atoms with Crippen LogP contribution in [-0.2, 0) is 4.74 Å². The van der Waals surface area contributed by atoms with Crippen LogP contribution in [0, 0.1) is 0 Å². The summed E-state index contributed by atoms with van der Waals surface area (Å²) in [6.07, 6.45) is 0.940. The fraction of sp³-hybridized carbons (Fsp3) is 0.455. The van der Waals surface area contributed by atoms with E-state index in [4.69, 9.17) is 4.74 Å². The molecule has 15 heavy (non-hydrogen) atoms. The molecular weight excluding hydrogens is 205 g/mol. The Morgan fingerprint density at radius 3 is 2.73 bits per heavy atom. The molecule has 0 N–H and O–H groups in total. The highest BCUT2D eigenvalue weighted by molar-refractivity contribution is 5.32. The van der Waals surface area contributed by atoms with Gasteiger partial charge in [0.05, 0.1) is 0 Å². The Morgan fingerprint density at radius 2 is 2.27 bits per heavy atom. The lowest BCUT2D eigenvalue weighted by Crippen LogP contribution is -2.32. The van der Waals surface area contributed by atoms with Gasteiger partial charge in [0, 0.05) is 18.6 Å². The monoisotopic (exact) mass is 218 g/mol. The number of halogens is 3. The zero-order chi connectivity index (χ0) is 11.5. The van der Waals surface area contributed by atoms with Gasteiger partial charge in [-0.05, 0) is 13.0 Å². The van der Waals surface area contributed by atoms with E-state index in [0.717, 1.165) is 6.08 Å². The van der Waals surface area contributed by atoms with Gasteiger partial charge in [-0.1, -0.05) is 24.8 Å². The molecule has 0 amide bonds. The predicted octanol–water partition coefficient (Wildman–Crippen LogP) is 3.40. The summed E-state index contributed by atoms with van der Waals surface area (Å²) < 4.78 is 42.7. The summed E-state index contributed by atoms with van der Waals surface area (Å²) in [6, 6.07) is 0. The van der Waals surface area contributed by atoms with Gasteiger partial charge in [0.15, 0.2) is 0 Å². The molecule has 1 nitrogen and oxygen atoms in total. The molecular formula is C11H13F3O. The fourth-order valence-electron chi connectivity index (χ4n) is 1.50. The summed E-state index contributed by atoms with van der Waals surface area (Å²) in [6.45, 7) is 5.61. The largest absolute Gasteiger partial charge is 0.412 e. The van der Waals surface area contributed by atoms with Crippen molar-refractivity contribution in [2.45, 2.75) is 25.1 Å². The maximum Gasteiger partial charge on any atom is 0.412 e. The Morgan fingerprint density at radius 1 is 1.60 bits per heavy atom.